The van der Waals surface area contributed by atoms with Gasteiger partial charge in [0.25, 0.3) is 0 Å². The summed E-state index contributed by atoms with van der Waals surface area (Å²) in [5, 5.41) is 0. The molecular formula is C9H13IN2. The van der Waals surface area contributed by atoms with Crippen molar-refractivity contribution in [1.29, 1.82) is 0 Å². The highest BCUT2D eigenvalue weighted by Crippen LogP contribution is 2.14. The molecule has 1 atom stereocenters. The molecule has 12 heavy (non-hydrogen) atoms. The Kier molecular flexibility index (Phi) is 3.97. The summed E-state index contributed by atoms with van der Waals surface area (Å²) >= 11 is 2.28. The van der Waals surface area contributed by atoms with Crippen molar-refractivity contribution in [1.82, 2.24) is 0 Å². The molecule has 0 aliphatic carbocycles. The van der Waals surface area contributed by atoms with Gasteiger partial charge in [-0.1, -0.05) is 12.1 Å². The van der Waals surface area contributed by atoms with Crippen LogP contribution in [0.5, 0.6) is 0 Å². The van der Waals surface area contributed by atoms with Gasteiger partial charge in [0.2, 0.25) is 0 Å². The lowest BCUT2D eigenvalue weighted by molar-refractivity contribution is 0.661. The van der Waals surface area contributed by atoms with Gasteiger partial charge in [0.1, 0.15) is 0 Å². The van der Waals surface area contributed by atoms with E-state index in [2.05, 4.69) is 46.9 Å². The predicted molar refractivity (Wildman–Crippen MR) is 59.8 cm³/mol. The Labute approximate surface area is 86.5 Å². The minimum atomic E-state index is 0.0898. The van der Waals surface area contributed by atoms with Crippen molar-refractivity contribution < 1.29 is 0 Å². The molecule has 4 N–H and O–H groups in total. The smallest absolute Gasteiger partial charge is 0.0306 e. The van der Waals surface area contributed by atoms with Crippen LogP contribution in [0.3, 0.4) is 0 Å². The van der Waals surface area contributed by atoms with E-state index in [-0.39, 0.29) is 6.04 Å². The summed E-state index contributed by atoms with van der Waals surface area (Å²) in [5.74, 6) is 0. The van der Waals surface area contributed by atoms with Gasteiger partial charge in [0, 0.05) is 9.61 Å². The average molecular weight is 276 g/mol. The van der Waals surface area contributed by atoms with Crippen molar-refractivity contribution in [2.45, 2.75) is 12.5 Å². The molecule has 0 aliphatic heterocycles. The third kappa shape index (κ3) is 2.73. The lowest BCUT2D eigenvalue weighted by Gasteiger charge is -2.09. The average Bonchev–Trinajstić information content (AvgIpc) is 2.06. The van der Waals surface area contributed by atoms with Gasteiger partial charge in [-0.2, -0.15) is 0 Å². The minimum absolute atomic E-state index is 0.0898. The summed E-state index contributed by atoms with van der Waals surface area (Å²) in [4.78, 5) is 0. The molecule has 2 nitrogen and oxygen atoms in total. The van der Waals surface area contributed by atoms with Crippen LogP contribution in [0.2, 0.25) is 0 Å². The van der Waals surface area contributed by atoms with E-state index in [1.165, 1.54) is 9.13 Å². The highest BCUT2D eigenvalue weighted by molar-refractivity contribution is 14.1. The Hall–Kier alpha value is -0.130. The first-order chi connectivity index (χ1) is 5.74. The summed E-state index contributed by atoms with van der Waals surface area (Å²) < 4.78 is 1.23. The predicted octanol–water partition coefficient (Wildman–Crippen LogP) is 1.64. The van der Waals surface area contributed by atoms with Gasteiger partial charge in [0.05, 0.1) is 0 Å². The minimum Gasteiger partial charge on any atom is -0.330 e. The number of rotatable bonds is 3. The lowest BCUT2D eigenvalue weighted by atomic mass is 10.1. The van der Waals surface area contributed by atoms with Crippen LogP contribution in [0.15, 0.2) is 24.3 Å². The number of nitrogens with two attached hydrogens (primary N) is 2. The molecule has 0 saturated heterocycles. The van der Waals surface area contributed by atoms with Gasteiger partial charge < -0.3 is 11.5 Å². The summed E-state index contributed by atoms with van der Waals surface area (Å²) in [5.41, 5.74) is 12.5. The monoisotopic (exact) mass is 276 g/mol. The Bertz CT molecular complexity index is 233. The summed E-state index contributed by atoms with van der Waals surface area (Å²) in [6.07, 6.45) is 0.848. The van der Waals surface area contributed by atoms with Crippen molar-refractivity contribution in [3.63, 3.8) is 0 Å². The van der Waals surface area contributed by atoms with E-state index in [1.807, 2.05) is 0 Å². The molecule has 0 saturated carbocycles. The van der Waals surface area contributed by atoms with Gasteiger partial charge in [-0.05, 0) is 53.3 Å². The molecule has 0 radical (unpaired) electrons. The van der Waals surface area contributed by atoms with E-state index < -0.39 is 0 Å². The van der Waals surface area contributed by atoms with Gasteiger partial charge in [-0.15, -0.1) is 0 Å². The van der Waals surface area contributed by atoms with Crippen molar-refractivity contribution in [2.24, 2.45) is 11.5 Å². The second-order valence-corrected chi connectivity index (χ2v) is 3.98. The standard InChI is InChI=1S/C9H13IN2/c10-8-3-1-7(2-4-8)9(12)5-6-11/h1-4,9H,5-6,11-12H2. The summed E-state index contributed by atoms with van der Waals surface area (Å²) in [6, 6.07) is 8.33. The third-order valence-corrected chi connectivity index (χ3v) is 2.49. The second-order valence-electron chi connectivity index (χ2n) is 2.74. The van der Waals surface area contributed by atoms with E-state index in [1.54, 1.807) is 0 Å². The maximum absolute atomic E-state index is 5.87. The fourth-order valence-corrected chi connectivity index (χ4v) is 1.42. The number of hydrogen-bond acceptors (Lipinski definition) is 2. The zero-order chi connectivity index (χ0) is 8.97. The van der Waals surface area contributed by atoms with Gasteiger partial charge in [0.15, 0.2) is 0 Å². The molecule has 1 aromatic rings. The van der Waals surface area contributed by atoms with Crippen molar-refractivity contribution in [3.8, 4) is 0 Å². The summed E-state index contributed by atoms with van der Waals surface area (Å²) in [7, 11) is 0. The van der Waals surface area contributed by atoms with Crippen LogP contribution >= 0.6 is 22.6 Å². The molecule has 0 amide bonds. The van der Waals surface area contributed by atoms with Gasteiger partial charge in [-0.3, -0.25) is 0 Å². The van der Waals surface area contributed by atoms with E-state index in [0.29, 0.717) is 6.54 Å². The Morgan fingerprint density at radius 1 is 1.25 bits per heavy atom. The second kappa shape index (κ2) is 4.79. The molecule has 3 heteroatoms. The Morgan fingerprint density at radius 3 is 2.33 bits per heavy atom. The quantitative estimate of drug-likeness (QED) is 0.825. The lowest BCUT2D eigenvalue weighted by Crippen LogP contribution is -2.15. The zero-order valence-electron chi connectivity index (χ0n) is 6.83. The van der Waals surface area contributed by atoms with Crippen LogP contribution in [-0.2, 0) is 0 Å². The molecule has 1 rings (SSSR count). The number of halogens is 1. The molecular weight excluding hydrogens is 263 g/mol. The highest BCUT2D eigenvalue weighted by Gasteiger charge is 2.03. The van der Waals surface area contributed by atoms with Crippen molar-refractivity contribution in [3.05, 3.63) is 33.4 Å². The van der Waals surface area contributed by atoms with Crippen LogP contribution in [0.1, 0.15) is 18.0 Å². The molecule has 1 unspecified atom stereocenters. The Morgan fingerprint density at radius 2 is 1.83 bits per heavy atom. The Balaban J connectivity index is 2.68. The molecule has 0 aromatic heterocycles. The maximum atomic E-state index is 5.87. The third-order valence-electron chi connectivity index (χ3n) is 1.78. The first kappa shape index (κ1) is 9.95. The van der Waals surface area contributed by atoms with Crippen LogP contribution < -0.4 is 11.5 Å². The van der Waals surface area contributed by atoms with Crippen LogP contribution in [0.4, 0.5) is 0 Å². The zero-order valence-corrected chi connectivity index (χ0v) is 8.99. The maximum Gasteiger partial charge on any atom is 0.0306 e. The van der Waals surface area contributed by atoms with Gasteiger partial charge >= 0.3 is 0 Å². The van der Waals surface area contributed by atoms with E-state index in [4.69, 9.17) is 11.5 Å². The van der Waals surface area contributed by atoms with E-state index in [0.717, 1.165) is 6.42 Å². The molecule has 1 aromatic carbocycles. The molecule has 66 valence electrons. The van der Waals surface area contributed by atoms with E-state index in [9.17, 15) is 0 Å². The van der Waals surface area contributed by atoms with Crippen molar-refractivity contribution >= 4 is 22.6 Å². The van der Waals surface area contributed by atoms with Gasteiger partial charge in [-0.25, -0.2) is 0 Å². The molecule has 0 heterocycles. The SMILES string of the molecule is NCCC(N)c1ccc(I)cc1. The van der Waals surface area contributed by atoms with Crippen molar-refractivity contribution in [2.75, 3.05) is 6.54 Å². The van der Waals surface area contributed by atoms with Crippen LogP contribution in [0.25, 0.3) is 0 Å². The molecule has 0 bridgehead atoms. The summed E-state index contributed by atoms with van der Waals surface area (Å²) in [6.45, 7) is 0.646. The topological polar surface area (TPSA) is 52.0 Å². The molecule has 0 aliphatic rings. The van der Waals surface area contributed by atoms with Crippen LogP contribution in [0, 0.1) is 3.57 Å². The number of hydrogen-bond donors (Lipinski definition) is 2. The largest absolute Gasteiger partial charge is 0.330 e. The fraction of sp³-hybridized carbons (Fsp3) is 0.333. The van der Waals surface area contributed by atoms with E-state index >= 15 is 0 Å². The molecule has 0 fully saturated rings. The van der Waals surface area contributed by atoms with Crippen LogP contribution in [-0.4, -0.2) is 6.54 Å². The first-order valence-electron chi connectivity index (χ1n) is 3.95. The molecule has 0 spiro atoms. The fourth-order valence-electron chi connectivity index (χ4n) is 1.06. The highest BCUT2D eigenvalue weighted by atomic mass is 127. The number of benzene rings is 1. The first-order valence-corrected chi connectivity index (χ1v) is 5.03. The normalized spacial score (nSPS) is 12.9.